The Bertz CT molecular complexity index is 556. The van der Waals surface area contributed by atoms with E-state index in [9.17, 15) is 4.79 Å². The van der Waals surface area contributed by atoms with Gasteiger partial charge in [0.15, 0.2) is 0 Å². The van der Waals surface area contributed by atoms with Gasteiger partial charge in [-0.25, -0.2) is 4.79 Å². The highest BCUT2D eigenvalue weighted by Crippen LogP contribution is 2.49. The van der Waals surface area contributed by atoms with E-state index >= 15 is 0 Å². The predicted molar refractivity (Wildman–Crippen MR) is 78.8 cm³/mol. The molecule has 108 valence electrons. The molecular weight excluding hydrogens is 252 g/mol. The molecule has 4 heteroatoms. The molecule has 0 atom stereocenters. The fraction of sp³-hybridized carbons (Fsp3) is 0.562. The van der Waals surface area contributed by atoms with Gasteiger partial charge in [-0.15, -0.1) is 0 Å². The van der Waals surface area contributed by atoms with Crippen molar-refractivity contribution >= 4 is 11.8 Å². The maximum atomic E-state index is 12.4. The largest absolute Gasteiger partial charge is 0.443 e. The number of rotatable bonds is 1. The molecule has 1 aliphatic heterocycles. The minimum Gasteiger partial charge on any atom is -0.443 e. The molecule has 0 bridgehead atoms. The van der Waals surface area contributed by atoms with Crippen LogP contribution in [-0.4, -0.2) is 18.2 Å². The molecule has 1 heterocycles. The summed E-state index contributed by atoms with van der Waals surface area (Å²) in [5, 5.41) is 0. The number of benzene rings is 1. The summed E-state index contributed by atoms with van der Waals surface area (Å²) in [5.74, 6) is 0. The van der Waals surface area contributed by atoms with Crippen molar-refractivity contribution in [2.75, 3.05) is 11.4 Å². The Morgan fingerprint density at radius 2 is 2.05 bits per heavy atom. The van der Waals surface area contributed by atoms with Crippen molar-refractivity contribution in [1.29, 1.82) is 0 Å². The molecule has 4 nitrogen and oxygen atoms in total. The minimum atomic E-state index is -0.477. The number of ether oxygens (including phenoxy) is 1. The Hall–Kier alpha value is -1.55. The van der Waals surface area contributed by atoms with Crippen molar-refractivity contribution < 1.29 is 9.53 Å². The fourth-order valence-corrected chi connectivity index (χ4v) is 2.76. The molecule has 1 aromatic carbocycles. The second kappa shape index (κ2) is 4.22. The zero-order valence-corrected chi connectivity index (χ0v) is 12.4. The van der Waals surface area contributed by atoms with Crippen LogP contribution in [0, 0.1) is 0 Å². The van der Waals surface area contributed by atoms with Crippen LogP contribution >= 0.6 is 0 Å². The molecule has 20 heavy (non-hydrogen) atoms. The highest BCUT2D eigenvalue weighted by atomic mass is 16.6. The van der Waals surface area contributed by atoms with E-state index in [2.05, 4.69) is 12.1 Å². The third kappa shape index (κ3) is 2.29. The molecule has 0 unspecified atom stereocenters. The lowest BCUT2D eigenvalue weighted by atomic mass is 10.00. The normalized spacial score (nSPS) is 19.7. The van der Waals surface area contributed by atoms with Gasteiger partial charge in [-0.3, -0.25) is 4.90 Å². The maximum Gasteiger partial charge on any atom is 0.414 e. The summed E-state index contributed by atoms with van der Waals surface area (Å²) in [7, 11) is 0. The Morgan fingerprint density at radius 1 is 1.35 bits per heavy atom. The number of anilines is 1. The van der Waals surface area contributed by atoms with Crippen LogP contribution in [-0.2, 0) is 16.7 Å². The molecule has 1 amide bonds. The van der Waals surface area contributed by atoms with Gasteiger partial charge >= 0.3 is 6.09 Å². The molecule has 1 aromatic rings. The molecule has 1 saturated carbocycles. The summed E-state index contributed by atoms with van der Waals surface area (Å²) in [6.07, 6.45) is 2.59. The first-order valence-corrected chi connectivity index (χ1v) is 7.22. The molecule has 3 rings (SSSR count). The van der Waals surface area contributed by atoms with E-state index in [0.717, 1.165) is 30.5 Å². The number of hydrogen-bond acceptors (Lipinski definition) is 3. The van der Waals surface area contributed by atoms with Gasteiger partial charge in [0.2, 0.25) is 0 Å². The van der Waals surface area contributed by atoms with Gasteiger partial charge in [-0.05, 0) is 51.2 Å². The fourth-order valence-electron chi connectivity index (χ4n) is 2.76. The molecule has 0 saturated heterocycles. The molecule has 0 spiro atoms. The number of fused-ring (bicyclic) bond motifs is 1. The first kappa shape index (κ1) is 13.4. The number of para-hydroxylation sites is 1. The molecule has 2 aliphatic rings. The van der Waals surface area contributed by atoms with Gasteiger partial charge in [0, 0.05) is 12.1 Å². The van der Waals surface area contributed by atoms with Crippen molar-refractivity contribution in [2.24, 2.45) is 5.73 Å². The summed E-state index contributed by atoms with van der Waals surface area (Å²) < 4.78 is 5.51. The summed E-state index contributed by atoms with van der Waals surface area (Å²) in [5.41, 5.74) is 8.92. The van der Waals surface area contributed by atoms with Gasteiger partial charge in [0.1, 0.15) is 5.60 Å². The van der Waals surface area contributed by atoms with Crippen LogP contribution in [0.4, 0.5) is 10.5 Å². The third-order valence-electron chi connectivity index (χ3n) is 3.93. The van der Waals surface area contributed by atoms with Crippen molar-refractivity contribution in [3.63, 3.8) is 0 Å². The van der Waals surface area contributed by atoms with E-state index in [4.69, 9.17) is 10.5 Å². The van der Waals surface area contributed by atoms with Crippen molar-refractivity contribution in [1.82, 2.24) is 0 Å². The quantitative estimate of drug-likeness (QED) is 0.856. The van der Waals surface area contributed by atoms with E-state index in [-0.39, 0.29) is 11.6 Å². The van der Waals surface area contributed by atoms with Gasteiger partial charge in [0.05, 0.1) is 5.69 Å². The zero-order valence-electron chi connectivity index (χ0n) is 12.4. The van der Waals surface area contributed by atoms with E-state index in [1.807, 2.05) is 26.8 Å². The second-order valence-electron chi connectivity index (χ2n) is 6.85. The standard InChI is InChI=1S/C16H22N2O2/c1-15(2,3)20-14(19)18-10-7-11-5-4-6-12(13(11)18)16(17)8-9-16/h4-6H,7-10,17H2,1-3H3. The lowest BCUT2D eigenvalue weighted by Gasteiger charge is -2.27. The number of nitrogens with zero attached hydrogens (tertiary/aromatic N) is 1. The van der Waals surface area contributed by atoms with E-state index < -0.39 is 5.60 Å². The topological polar surface area (TPSA) is 55.6 Å². The molecular formula is C16H22N2O2. The van der Waals surface area contributed by atoms with Crippen LogP contribution < -0.4 is 10.6 Å². The van der Waals surface area contributed by atoms with E-state index in [0.29, 0.717) is 6.54 Å². The van der Waals surface area contributed by atoms with Gasteiger partial charge < -0.3 is 10.5 Å². The summed E-state index contributed by atoms with van der Waals surface area (Å²) in [4.78, 5) is 14.1. The molecule has 1 aliphatic carbocycles. The Balaban J connectivity index is 1.95. The smallest absolute Gasteiger partial charge is 0.414 e. The Morgan fingerprint density at radius 3 is 2.65 bits per heavy atom. The number of carbonyl (C=O) groups excluding carboxylic acids is 1. The van der Waals surface area contributed by atoms with Gasteiger partial charge in [-0.2, -0.15) is 0 Å². The second-order valence-corrected chi connectivity index (χ2v) is 6.85. The van der Waals surface area contributed by atoms with Gasteiger partial charge in [0.25, 0.3) is 0 Å². The first-order valence-electron chi connectivity index (χ1n) is 7.22. The predicted octanol–water partition coefficient (Wildman–Crippen LogP) is 2.93. The van der Waals surface area contributed by atoms with E-state index in [1.165, 1.54) is 5.56 Å². The summed E-state index contributed by atoms with van der Waals surface area (Å²) >= 11 is 0. The summed E-state index contributed by atoms with van der Waals surface area (Å²) in [6.45, 7) is 6.34. The molecule has 2 N–H and O–H groups in total. The van der Waals surface area contributed by atoms with Crippen molar-refractivity contribution in [3.8, 4) is 0 Å². The van der Waals surface area contributed by atoms with Gasteiger partial charge in [-0.1, -0.05) is 18.2 Å². The van der Waals surface area contributed by atoms with Crippen LogP contribution in [0.5, 0.6) is 0 Å². The number of carbonyl (C=O) groups is 1. The maximum absolute atomic E-state index is 12.4. The average molecular weight is 274 g/mol. The van der Waals surface area contributed by atoms with Crippen LogP contribution in [0.15, 0.2) is 18.2 Å². The van der Waals surface area contributed by atoms with Crippen LogP contribution in [0.25, 0.3) is 0 Å². The Labute approximate surface area is 119 Å². The Kier molecular flexibility index (Phi) is 2.83. The van der Waals surface area contributed by atoms with Crippen LogP contribution in [0.3, 0.4) is 0 Å². The SMILES string of the molecule is CC(C)(C)OC(=O)N1CCc2cccc(C3(N)CC3)c21. The number of hydrogen-bond donors (Lipinski definition) is 1. The van der Waals surface area contributed by atoms with Crippen molar-refractivity contribution in [3.05, 3.63) is 29.3 Å². The lowest BCUT2D eigenvalue weighted by Crippen LogP contribution is -2.37. The van der Waals surface area contributed by atoms with E-state index in [1.54, 1.807) is 4.90 Å². The monoisotopic (exact) mass is 274 g/mol. The highest BCUT2D eigenvalue weighted by Gasteiger charge is 2.44. The first-order chi connectivity index (χ1) is 9.30. The molecule has 1 fully saturated rings. The third-order valence-corrected chi connectivity index (χ3v) is 3.93. The summed E-state index contributed by atoms with van der Waals surface area (Å²) in [6, 6.07) is 6.17. The highest BCUT2D eigenvalue weighted by molar-refractivity contribution is 5.92. The minimum absolute atomic E-state index is 0.240. The van der Waals surface area contributed by atoms with Crippen LogP contribution in [0.2, 0.25) is 0 Å². The average Bonchev–Trinajstić information content (AvgIpc) is 2.94. The lowest BCUT2D eigenvalue weighted by molar-refractivity contribution is 0.0583. The molecule has 0 aromatic heterocycles. The zero-order chi connectivity index (χ0) is 14.5. The molecule has 0 radical (unpaired) electrons. The number of nitrogens with two attached hydrogens (primary N) is 1. The number of amides is 1. The van der Waals surface area contributed by atoms with Crippen molar-refractivity contribution in [2.45, 2.75) is 51.2 Å². The van der Waals surface area contributed by atoms with Crippen LogP contribution in [0.1, 0.15) is 44.7 Å².